The van der Waals surface area contributed by atoms with Gasteiger partial charge in [0, 0.05) is 42.8 Å². The van der Waals surface area contributed by atoms with E-state index in [0.717, 1.165) is 0 Å². The number of carboxylic acids is 1. The Hall–Kier alpha value is -7.56. The Morgan fingerprint density at radius 1 is 0.588 bits per heavy atom. The summed E-state index contributed by atoms with van der Waals surface area (Å²) in [7, 11) is 0. The second kappa shape index (κ2) is 26.0. The Kier molecular flexibility index (Phi) is 20.3. The molecule has 0 aliphatic carbocycles. The Morgan fingerprint density at radius 2 is 1.04 bits per heavy atom. The topological polar surface area (TPSA) is 384 Å². The fraction of sp³-hybridized carbons (Fsp3) is 0.391. The predicted octanol–water partition coefficient (Wildman–Crippen LogP) is -1.67. The van der Waals surface area contributed by atoms with Crippen LogP contribution in [0.4, 0.5) is 0 Å². The number of aliphatic hydroxyl groups is 1. The third-order valence-corrected chi connectivity index (χ3v) is 10.9. The van der Waals surface area contributed by atoms with Crippen molar-refractivity contribution in [1.29, 1.82) is 0 Å². The van der Waals surface area contributed by atoms with Crippen molar-refractivity contribution in [3.63, 3.8) is 0 Å². The number of rotatable bonds is 27. The van der Waals surface area contributed by atoms with Gasteiger partial charge in [0.1, 0.15) is 47.8 Å². The molecule has 7 amide bonds. The minimum absolute atomic E-state index is 0.0182. The lowest BCUT2D eigenvalue weighted by atomic mass is 10.0. The van der Waals surface area contributed by atoms with Gasteiger partial charge in [0.05, 0.1) is 12.6 Å². The van der Waals surface area contributed by atoms with E-state index in [1.165, 1.54) is 55.5 Å². The predicted molar refractivity (Wildman–Crippen MR) is 247 cm³/mol. The number of hydrogen-bond acceptors (Lipinski definition) is 13. The normalized spacial score (nSPS) is 14.2. The molecule has 0 spiro atoms. The van der Waals surface area contributed by atoms with Gasteiger partial charge in [-0.05, 0) is 86.2 Å². The Labute approximate surface area is 391 Å². The van der Waals surface area contributed by atoms with E-state index in [9.17, 15) is 58.8 Å². The van der Waals surface area contributed by atoms with E-state index in [1.54, 1.807) is 30.5 Å². The zero-order valence-corrected chi connectivity index (χ0v) is 37.4. The quantitative estimate of drug-likeness (QED) is 0.0298. The van der Waals surface area contributed by atoms with Crippen LogP contribution < -0.4 is 49.1 Å². The minimum atomic E-state index is -1.72. The largest absolute Gasteiger partial charge is 0.508 e. The summed E-state index contributed by atoms with van der Waals surface area (Å²) < 4.78 is 0. The summed E-state index contributed by atoms with van der Waals surface area (Å²) in [4.78, 5) is 110. The summed E-state index contributed by atoms with van der Waals surface area (Å²) in [5, 5.41) is 55.4. The maximum absolute atomic E-state index is 14.4. The average Bonchev–Trinajstić information content (AvgIpc) is 3.71. The number of nitrogens with one attached hydrogen (secondary N) is 7. The number of fused-ring (bicyclic) bond motifs is 1. The SMILES string of the molecule is C[C@H](N)C(=O)N[C@@H](Cc1ccc(O)cc1)C(=O)N[C@@H](CO)C(=O)N[C@@H](CCC(N)=O)C(=O)N[C@@H](Cc1c[nH]c2ccccc12)C(=O)N[C@@H](CCCCN)C(=O)N[C@@H](Cc1ccc(O)cc1)C(=O)O. The number of aromatic amines is 1. The maximum Gasteiger partial charge on any atom is 0.326 e. The molecule has 366 valence electrons. The molecule has 3 aromatic carbocycles. The number of phenols is 2. The molecule has 1 heterocycles. The fourth-order valence-electron chi connectivity index (χ4n) is 7.05. The molecule has 0 bridgehead atoms. The Bertz CT molecular complexity index is 2370. The molecule has 4 aromatic rings. The number of primary amides is 1. The smallest absolute Gasteiger partial charge is 0.326 e. The number of carbonyl (C=O) groups excluding carboxylic acids is 7. The van der Waals surface area contributed by atoms with Gasteiger partial charge in [-0.3, -0.25) is 33.6 Å². The van der Waals surface area contributed by atoms with Gasteiger partial charge >= 0.3 is 5.97 Å². The van der Waals surface area contributed by atoms with E-state index in [4.69, 9.17) is 17.2 Å². The van der Waals surface area contributed by atoms with Gasteiger partial charge in [-0.25, -0.2) is 4.79 Å². The number of para-hydroxylation sites is 1. The van der Waals surface area contributed by atoms with E-state index in [0.29, 0.717) is 40.4 Å². The molecule has 0 saturated carbocycles. The first kappa shape index (κ1) is 53.1. The van der Waals surface area contributed by atoms with E-state index in [2.05, 4.69) is 36.9 Å². The number of hydrogen-bond donors (Lipinski definition) is 14. The highest BCUT2D eigenvalue weighted by molar-refractivity contribution is 5.98. The zero-order chi connectivity index (χ0) is 49.9. The van der Waals surface area contributed by atoms with Crippen molar-refractivity contribution in [3.05, 3.63) is 95.7 Å². The van der Waals surface area contributed by atoms with E-state index in [-0.39, 0.29) is 43.7 Å². The van der Waals surface area contributed by atoms with Gasteiger partial charge in [0.15, 0.2) is 0 Å². The van der Waals surface area contributed by atoms with E-state index < -0.39 is 109 Å². The van der Waals surface area contributed by atoms with E-state index in [1.807, 2.05) is 0 Å². The van der Waals surface area contributed by atoms with Gasteiger partial charge in [-0.2, -0.15) is 0 Å². The molecular formula is C46H60N10O12. The number of H-pyrrole nitrogens is 1. The minimum Gasteiger partial charge on any atom is -0.508 e. The highest BCUT2D eigenvalue weighted by Crippen LogP contribution is 2.20. The number of aromatic hydroxyl groups is 2. The molecule has 0 radical (unpaired) electrons. The van der Waals surface area contributed by atoms with Crippen LogP contribution in [-0.2, 0) is 57.6 Å². The molecule has 22 heteroatoms. The molecule has 7 atom stereocenters. The number of carboxylic acid groups (broad SMARTS) is 1. The number of aromatic nitrogens is 1. The van der Waals surface area contributed by atoms with E-state index >= 15 is 0 Å². The summed E-state index contributed by atoms with van der Waals surface area (Å²) in [6, 6.07) is 8.65. The fourth-order valence-corrected chi connectivity index (χ4v) is 7.05. The maximum atomic E-state index is 14.4. The molecule has 68 heavy (non-hydrogen) atoms. The number of aliphatic carboxylic acids is 1. The van der Waals surface area contributed by atoms with Crippen LogP contribution in [0.3, 0.4) is 0 Å². The van der Waals surface area contributed by atoms with Crippen LogP contribution in [0, 0.1) is 0 Å². The monoisotopic (exact) mass is 944 g/mol. The van der Waals surface area contributed by atoms with Crippen LogP contribution in [-0.4, -0.2) is 128 Å². The second-order valence-corrected chi connectivity index (χ2v) is 16.3. The number of unbranched alkanes of at least 4 members (excludes halogenated alkanes) is 1. The van der Waals surface area contributed by atoms with Crippen molar-refractivity contribution < 1.29 is 58.8 Å². The summed E-state index contributed by atoms with van der Waals surface area (Å²) >= 11 is 0. The van der Waals surface area contributed by atoms with Crippen LogP contribution in [0.25, 0.3) is 10.9 Å². The van der Waals surface area contributed by atoms with Crippen molar-refractivity contribution >= 4 is 58.2 Å². The third kappa shape index (κ3) is 16.4. The van der Waals surface area contributed by atoms with Crippen molar-refractivity contribution in [2.24, 2.45) is 17.2 Å². The highest BCUT2D eigenvalue weighted by atomic mass is 16.4. The molecule has 22 nitrogen and oxygen atoms in total. The van der Waals surface area contributed by atoms with Gasteiger partial charge in [0.2, 0.25) is 41.4 Å². The Morgan fingerprint density at radius 3 is 1.57 bits per heavy atom. The number of benzene rings is 3. The first-order chi connectivity index (χ1) is 32.4. The number of carbonyl (C=O) groups is 8. The molecule has 17 N–H and O–H groups in total. The molecule has 1 aromatic heterocycles. The molecule has 0 aliphatic heterocycles. The second-order valence-electron chi connectivity index (χ2n) is 16.3. The molecule has 0 unspecified atom stereocenters. The standard InChI is InChI=1S/C46H60N10O12/c1-25(48)40(61)53-35(20-26-9-13-29(58)14-10-26)43(64)56-38(24-57)45(66)52-34(17-18-39(49)60)42(63)54-36(22-28-23-50-32-7-3-2-6-31(28)32)44(65)51-33(8-4-5-19-47)41(62)55-37(46(67)68)21-27-11-15-30(59)16-12-27/h2-3,6-7,9-16,23,25,33-38,50,57-59H,4-5,8,17-22,24,47-48H2,1H3,(H2,49,60)(H,51,65)(H,52,66)(H,53,61)(H,54,63)(H,55,62)(H,56,64)(H,67,68)/t25-,33-,34-,35-,36-,37-,38-/m0/s1. The number of phenolic OH excluding ortho intramolecular Hbond substituents is 2. The van der Waals surface area contributed by atoms with Crippen LogP contribution in [0.1, 0.15) is 55.7 Å². The van der Waals surface area contributed by atoms with Gasteiger partial charge in [-0.15, -0.1) is 0 Å². The van der Waals surface area contributed by atoms with Gasteiger partial charge in [-0.1, -0.05) is 42.5 Å². The highest BCUT2D eigenvalue weighted by Gasteiger charge is 2.34. The van der Waals surface area contributed by atoms with Crippen molar-refractivity contribution in [2.45, 2.75) is 101 Å². The van der Waals surface area contributed by atoms with Gasteiger partial charge < -0.3 is 74.5 Å². The lowest BCUT2D eigenvalue weighted by Gasteiger charge is -2.27. The molecule has 0 saturated heterocycles. The lowest BCUT2D eigenvalue weighted by molar-refractivity contribution is -0.142. The van der Waals surface area contributed by atoms with Crippen LogP contribution >= 0.6 is 0 Å². The first-order valence-corrected chi connectivity index (χ1v) is 21.9. The summed E-state index contributed by atoms with van der Waals surface area (Å²) in [6.07, 6.45) is 1.11. The van der Waals surface area contributed by atoms with Crippen molar-refractivity contribution in [2.75, 3.05) is 13.2 Å². The van der Waals surface area contributed by atoms with Crippen molar-refractivity contribution in [1.82, 2.24) is 36.9 Å². The molecule has 0 fully saturated rings. The zero-order valence-electron chi connectivity index (χ0n) is 37.4. The van der Waals surface area contributed by atoms with Gasteiger partial charge in [0.25, 0.3) is 0 Å². The lowest BCUT2D eigenvalue weighted by Crippen LogP contribution is -2.60. The number of nitrogens with two attached hydrogens (primary N) is 3. The summed E-state index contributed by atoms with van der Waals surface area (Å²) in [6.45, 7) is 0.647. The molecule has 0 aliphatic rings. The Balaban J connectivity index is 1.60. The molecular weight excluding hydrogens is 885 g/mol. The average molecular weight is 945 g/mol. The molecule has 4 rings (SSSR count). The summed E-state index contributed by atoms with van der Waals surface area (Å²) in [5.41, 5.74) is 19.1. The first-order valence-electron chi connectivity index (χ1n) is 21.9. The van der Waals surface area contributed by atoms with Crippen LogP contribution in [0.15, 0.2) is 79.0 Å². The third-order valence-electron chi connectivity index (χ3n) is 10.9. The van der Waals surface area contributed by atoms with Crippen LogP contribution in [0.2, 0.25) is 0 Å². The number of aliphatic hydroxyl groups excluding tert-OH is 1. The van der Waals surface area contributed by atoms with Crippen LogP contribution in [0.5, 0.6) is 11.5 Å². The van der Waals surface area contributed by atoms with Crippen molar-refractivity contribution in [3.8, 4) is 11.5 Å². The number of amides is 7. The summed E-state index contributed by atoms with van der Waals surface area (Å²) in [5.74, 6) is -7.75.